The lowest BCUT2D eigenvalue weighted by Gasteiger charge is -2.12. The van der Waals surface area contributed by atoms with Crippen LogP contribution in [0.1, 0.15) is 21.5 Å². The SMILES string of the molecule is COc1cc(SOOCC[n+]2cccc(C(=O)[O-])c2)c(C)cc1N=Nc1c(SOOO)cc2c(N=Nc3ccc(C)cc3SOOO)c(N)ccc2c1O. The van der Waals surface area contributed by atoms with Gasteiger partial charge >= 0.3 is 0 Å². The summed E-state index contributed by atoms with van der Waals surface area (Å²) in [7, 11) is 1.45. The summed E-state index contributed by atoms with van der Waals surface area (Å²) in [5, 5.41) is 65.5. The number of benzene rings is 4. The summed E-state index contributed by atoms with van der Waals surface area (Å²) in [5.74, 6) is -1.29. The highest BCUT2D eigenvalue weighted by Crippen LogP contribution is 2.48. The van der Waals surface area contributed by atoms with E-state index >= 15 is 0 Å². The van der Waals surface area contributed by atoms with Crippen LogP contribution in [0.25, 0.3) is 10.8 Å². The number of anilines is 1. The fourth-order valence-electron chi connectivity index (χ4n) is 4.78. The van der Waals surface area contributed by atoms with Crippen LogP contribution in [0.15, 0.2) is 108 Å². The van der Waals surface area contributed by atoms with Crippen molar-refractivity contribution >= 4 is 81.3 Å². The monoisotopic (exact) mass is 798 g/mol. The minimum atomic E-state index is -1.28. The van der Waals surface area contributed by atoms with Crippen molar-refractivity contribution in [1.29, 1.82) is 0 Å². The Kier molecular flexibility index (Phi) is 14.5. The van der Waals surface area contributed by atoms with Gasteiger partial charge in [0.1, 0.15) is 35.1 Å². The molecule has 0 fully saturated rings. The normalized spacial score (nSPS) is 11.6. The molecule has 0 amide bonds. The van der Waals surface area contributed by atoms with E-state index in [1.165, 1.54) is 25.4 Å². The van der Waals surface area contributed by atoms with Gasteiger partial charge in [0.2, 0.25) is 0 Å². The van der Waals surface area contributed by atoms with Gasteiger partial charge in [-0.25, -0.2) is 20.0 Å². The second-order valence-corrected chi connectivity index (χ2v) is 13.1. The first-order chi connectivity index (χ1) is 26.1. The second kappa shape index (κ2) is 19.4. The van der Waals surface area contributed by atoms with E-state index in [0.717, 1.165) is 35.2 Å². The smallest absolute Gasteiger partial charge is 0.177 e. The maximum atomic E-state index is 11.5. The van der Waals surface area contributed by atoms with E-state index in [1.54, 1.807) is 66.2 Å². The number of carbonyl (C=O) groups is 1. The van der Waals surface area contributed by atoms with Gasteiger partial charge in [0, 0.05) is 21.7 Å². The van der Waals surface area contributed by atoms with Crippen molar-refractivity contribution in [3.8, 4) is 11.5 Å². The van der Waals surface area contributed by atoms with Crippen LogP contribution in [-0.2, 0) is 34.5 Å². The minimum Gasteiger partial charge on any atom is -0.545 e. The number of carboxylic acid groups (broad SMARTS) is 1. The first-order valence-electron chi connectivity index (χ1n) is 15.3. The number of fused-ring (bicyclic) bond motifs is 1. The Bertz CT molecular complexity index is 2190. The lowest BCUT2D eigenvalue weighted by atomic mass is 10.1. The first-order valence-corrected chi connectivity index (χ1v) is 17.5. The Hall–Kier alpha value is -4.91. The number of methoxy groups -OCH3 is 1. The lowest BCUT2D eigenvalue weighted by Crippen LogP contribution is -2.37. The van der Waals surface area contributed by atoms with Gasteiger partial charge in [0.25, 0.3) is 0 Å². The third-order valence-corrected chi connectivity index (χ3v) is 9.39. The van der Waals surface area contributed by atoms with Crippen molar-refractivity contribution in [2.24, 2.45) is 20.5 Å². The quantitative estimate of drug-likeness (QED) is 0.0126. The zero-order chi connectivity index (χ0) is 38.6. The number of nitrogen functional groups attached to an aromatic ring is 1. The third-order valence-electron chi connectivity index (χ3n) is 7.35. The number of aromatic hydroxyl groups is 1. The number of nitrogens with two attached hydrogens (primary N) is 1. The molecule has 0 atom stereocenters. The van der Waals surface area contributed by atoms with E-state index in [4.69, 9.17) is 34.5 Å². The molecule has 54 heavy (non-hydrogen) atoms. The Morgan fingerprint density at radius 1 is 0.833 bits per heavy atom. The summed E-state index contributed by atoms with van der Waals surface area (Å²) in [6.07, 6.45) is 3.12. The van der Waals surface area contributed by atoms with Gasteiger partial charge in [0.15, 0.2) is 24.7 Å². The number of aromatic nitrogens is 1. The molecule has 0 bridgehead atoms. The zero-order valence-corrected chi connectivity index (χ0v) is 30.8. The molecule has 4 aromatic carbocycles. The number of phenolic OH excluding ortho intramolecular Hbond substituents is 1. The Labute approximate surface area is 319 Å². The molecule has 0 saturated carbocycles. The van der Waals surface area contributed by atoms with Gasteiger partial charge in [-0.05, 0) is 73.5 Å². The van der Waals surface area contributed by atoms with Gasteiger partial charge in [-0.3, -0.25) is 0 Å². The maximum Gasteiger partial charge on any atom is 0.177 e. The molecular weight excluding hydrogens is 769 g/mol. The molecule has 18 nitrogen and oxygen atoms in total. The zero-order valence-electron chi connectivity index (χ0n) is 28.4. The van der Waals surface area contributed by atoms with E-state index in [9.17, 15) is 15.0 Å². The van der Waals surface area contributed by atoms with Crippen LogP contribution in [0.4, 0.5) is 28.4 Å². The van der Waals surface area contributed by atoms with Crippen LogP contribution < -0.4 is 20.1 Å². The van der Waals surface area contributed by atoms with Crippen LogP contribution in [-0.4, -0.2) is 35.3 Å². The largest absolute Gasteiger partial charge is 0.545 e. The van der Waals surface area contributed by atoms with Gasteiger partial charge in [-0.2, -0.15) is 4.33 Å². The van der Waals surface area contributed by atoms with Crippen LogP contribution >= 0.6 is 36.1 Å². The molecule has 0 unspecified atom stereocenters. The van der Waals surface area contributed by atoms with E-state index in [0.29, 0.717) is 50.9 Å². The fraction of sp³-hybridized carbons (Fsp3) is 0.152. The molecule has 1 heterocycles. The number of carbonyl (C=O) groups excluding carboxylic acids is 1. The molecule has 0 aliphatic rings. The Morgan fingerprint density at radius 3 is 2.30 bits per heavy atom. The number of aromatic carboxylic acids is 1. The van der Waals surface area contributed by atoms with Crippen LogP contribution in [0, 0.1) is 13.8 Å². The average Bonchev–Trinajstić information content (AvgIpc) is 3.16. The predicted molar refractivity (Wildman–Crippen MR) is 192 cm³/mol. The summed E-state index contributed by atoms with van der Waals surface area (Å²) in [6.45, 7) is 4.11. The minimum absolute atomic E-state index is 0.0418. The van der Waals surface area contributed by atoms with Crippen LogP contribution in [0.3, 0.4) is 0 Å². The molecule has 0 aliphatic carbocycles. The highest BCUT2D eigenvalue weighted by molar-refractivity contribution is 7.95. The number of hydrogen-bond acceptors (Lipinski definition) is 20. The van der Waals surface area contributed by atoms with Gasteiger partial charge in [0.05, 0.1) is 70.2 Å². The highest BCUT2D eigenvalue weighted by Gasteiger charge is 2.19. The maximum absolute atomic E-state index is 11.5. The number of ether oxygens (including phenoxy) is 1. The highest BCUT2D eigenvalue weighted by atomic mass is 32.2. The molecule has 21 heteroatoms. The molecule has 0 radical (unpaired) electrons. The number of nitrogens with zero attached hydrogens (tertiary/aromatic N) is 5. The molecule has 5 N–H and O–H groups in total. The van der Waals surface area contributed by atoms with E-state index in [2.05, 4.69) is 34.9 Å². The molecule has 5 rings (SSSR count). The van der Waals surface area contributed by atoms with E-state index in [1.807, 2.05) is 6.92 Å². The van der Waals surface area contributed by atoms with Crippen molar-refractivity contribution in [1.82, 2.24) is 0 Å². The average molecular weight is 799 g/mol. The van der Waals surface area contributed by atoms with Crippen molar-refractivity contribution in [3.05, 3.63) is 89.7 Å². The van der Waals surface area contributed by atoms with Crippen molar-refractivity contribution < 1.29 is 62.8 Å². The number of carboxylic acids is 1. The third kappa shape index (κ3) is 10.2. The summed E-state index contributed by atoms with van der Waals surface area (Å²) in [5.41, 5.74) is 8.97. The molecule has 0 aliphatic heterocycles. The predicted octanol–water partition coefficient (Wildman–Crippen LogP) is 7.75. The molecule has 1 aromatic heterocycles. The Balaban J connectivity index is 1.39. The van der Waals surface area contributed by atoms with E-state index < -0.39 is 5.97 Å². The lowest BCUT2D eigenvalue weighted by molar-refractivity contribution is -0.700. The topological polar surface area (TPSA) is 245 Å². The summed E-state index contributed by atoms with van der Waals surface area (Å²) in [4.78, 5) is 17.6. The number of pyridine rings is 1. The number of rotatable bonds is 18. The summed E-state index contributed by atoms with van der Waals surface area (Å²) >= 11 is 2.18. The van der Waals surface area contributed by atoms with Crippen molar-refractivity contribution in [3.63, 3.8) is 0 Å². The standard InChI is InChI=1S/C33H30N6O12S3/c1-18-6-9-24(28(13-18)53-50-47-43)35-37-30-22-15-29(54-51-48-44)31(32(40)21(22)7-8-23(30)34)38-36-25-14-19(2)27(16-26(25)45-3)52-49-46-12-11-39-10-4-5-20(17-39)33(41)42/h4-10,13-17H,11-12H2,1-3H3,(H5-,34,35,36,40,41,42,43,44). The Morgan fingerprint density at radius 2 is 1.56 bits per heavy atom. The van der Waals surface area contributed by atoms with Crippen molar-refractivity contribution in [2.75, 3.05) is 19.5 Å². The fourth-order valence-corrected chi connectivity index (χ4v) is 6.33. The molecule has 0 spiro atoms. The molecule has 282 valence electrons. The summed E-state index contributed by atoms with van der Waals surface area (Å²) < 4.78 is 21.7. The van der Waals surface area contributed by atoms with Gasteiger partial charge in [-0.15, -0.1) is 29.1 Å². The van der Waals surface area contributed by atoms with E-state index in [-0.39, 0.29) is 45.3 Å². The number of azo groups is 2. The summed E-state index contributed by atoms with van der Waals surface area (Å²) in [6, 6.07) is 16.2. The number of phenols is 1. The molecular formula is C33H30N6O12S3. The molecule has 5 aromatic rings. The second-order valence-electron chi connectivity index (χ2n) is 10.9. The molecule has 0 saturated heterocycles. The van der Waals surface area contributed by atoms with Crippen LogP contribution in [0.2, 0.25) is 0 Å². The van der Waals surface area contributed by atoms with Crippen LogP contribution in [0.5, 0.6) is 11.5 Å². The number of hydrogen-bond donors (Lipinski definition) is 4. The number of aryl methyl sites for hydroxylation is 2. The first kappa shape index (κ1) is 40.3. The van der Waals surface area contributed by atoms with Gasteiger partial charge in [-0.1, -0.05) is 16.1 Å². The van der Waals surface area contributed by atoms with Gasteiger partial charge < -0.3 is 25.5 Å². The van der Waals surface area contributed by atoms with Crippen molar-refractivity contribution in [2.45, 2.75) is 35.1 Å².